The van der Waals surface area contributed by atoms with Gasteiger partial charge in [0.05, 0.1) is 25.4 Å². The zero-order valence-corrected chi connectivity index (χ0v) is 20.0. The number of rotatable bonds is 11. The second-order valence-corrected chi connectivity index (χ2v) is 5.88. The van der Waals surface area contributed by atoms with Gasteiger partial charge in [0.1, 0.15) is 0 Å². The second-order valence-electron chi connectivity index (χ2n) is 5.88. The van der Waals surface area contributed by atoms with Crippen molar-refractivity contribution < 1.29 is 94.5 Å². The summed E-state index contributed by atoms with van der Waals surface area (Å²) >= 11 is 0. The Hall–Kier alpha value is -5.44. The Kier molecular flexibility index (Phi) is 31.3. The van der Waals surface area contributed by atoms with Crippen LogP contribution in [0, 0.1) is 0 Å². The summed E-state index contributed by atoms with van der Waals surface area (Å²) in [6.45, 7) is -1.21. The normalized spacial score (nSPS) is 10.0. The standard InChI is InChI=1S/C4H11NO3.4C4H4O4/c5-4(1-6,2-7)3-8;4*5-3(6)1-2-4(7)8/h6-8H,1-3,5H2;4*1-2H,(H,5,6)(H,7,8)/b;4*2-1-. The third-order valence-corrected chi connectivity index (χ3v) is 2.42. The molecule has 0 saturated carbocycles. The first kappa shape index (κ1) is 44.5. The highest BCUT2D eigenvalue weighted by atomic mass is 16.4. The molecular formula is C20H27NO19. The Bertz CT molecular complexity index is 749. The average molecular weight is 585 g/mol. The van der Waals surface area contributed by atoms with Gasteiger partial charge in [-0.1, -0.05) is 0 Å². The molecule has 20 heteroatoms. The number of aliphatic carboxylic acids is 8. The van der Waals surface area contributed by atoms with E-state index in [-0.39, 0.29) is 0 Å². The lowest BCUT2D eigenvalue weighted by Gasteiger charge is -2.20. The van der Waals surface area contributed by atoms with Crippen molar-refractivity contribution >= 4 is 47.8 Å². The van der Waals surface area contributed by atoms with Gasteiger partial charge in [-0.15, -0.1) is 0 Å². The van der Waals surface area contributed by atoms with E-state index in [1.165, 1.54) is 0 Å². The van der Waals surface area contributed by atoms with E-state index in [4.69, 9.17) is 61.9 Å². The van der Waals surface area contributed by atoms with Gasteiger partial charge in [-0.25, -0.2) is 38.4 Å². The first-order valence-electron chi connectivity index (χ1n) is 9.36. The van der Waals surface area contributed by atoms with Gasteiger partial charge in [-0.2, -0.15) is 0 Å². The Labute approximate surface area is 222 Å². The Balaban J connectivity index is -0.000000128. The number of carboxylic acids is 8. The quantitative estimate of drug-likeness (QED) is 0.105. The Morgan fingerprint density at radius 3 is 0.500 bits per heavy atom. The zero-order valence-electron chi connectivity index (χ0n) is 20.0. The first-order valence-corrected chi connectivity index (χ1v) is 9.36. The smallest absolute Gasteiger partial charge is 0.328 e. The topological polar surface area (TPSA) is 385 Å². The molecule has 0 aromatic rings. The molecule has 0 unspecified atom stereocenters. The Morgan fingerprint density at radius 1 is 0.375 bits per heavy atom. The van der Waals surface area contributed by atoms with Crippen molar-refractivity contribution in [3.05, 3.63) is 48.6 Å². The summed E-state index contributed by atoms with van der Waals surface area (Å²) in [5.74, 6) is -10.1. The lowest BCUT2D eigenvalue weighted by Crippen LogP contribution is -2.50. The van der Waals surface area contributed by atoms with Crippen molar-refractivity contribution in [1.82, 2.24) is 0 Å². The molecule has 20 nitrogen and oxygen atoms in total. The number of aliphatic hydroxyl groups is 3. The summed E-state index contributed by atoms with van der Waals surface area (Å²) in [6, 6.07) is 0. The molecule has 0 heterocycles. The molecular weight excluding hydrogens is 558 g/mol. The lowest BCUT2D eigenvalue weighted by molar-refractivity contribution is -0.134. The monoisotopic (exact) mass is 585 g/mol. The summed E-state index contributed by atoms with van der Waals surface area (Å²) in [6.07, 6.45) is 4.46. The first-order chi connectivity index (χ1) is 18.2. The van der Waals surface area contributed by atoms with E-state index in [0.29, 0.717) is 48.6 Å². The van der Waals surface area contributed by atoms with Crippen molar-refractivity contribution in [1.29, 1.82) is 0 Å². The molecule has 0 bridgehead atoms. The van der Waals surface area contributed by atoms with E-state index in [9.17, 15) is 38.4 Å². The summed E-state index contributed by atoms with van der Waals surface area (Å²) in [5, 5.41) is 87.5. The predicted molar refractivity (Wildman–Crippen MR) is 126 cm³/mol. The minimum Gasteiger partial charge on any atom is -0.478 e. The lowest BCUT2D eigenvalue weighted by atomic mass is 10.1. The molecule has 0 aromatic carbocycles. The molecule has 0 amide bonds. The number of hydrogen-bond donors (Lipinski definition) is 12. The van der Waals surface area contributed by atoms with E-state index in [2.05, 4.69) is 0 Å². The van der Waals surface area contributed by atoms with Crippen LogP contribution in [-0.2, 0) is 38.4 Å². The maximum atomic E-state index is 9.55. The average Bonchev–Trinajstić information content (AvgIpc) is 2.84. The molecule has 0 spiro atoms. The Morgan fingerprint density at radius 2 is 0.475 bits per heavy atom. The van der Waals surface area contributed by atoms with Gasteiger partial charge in [-0.05, 0) is 0 Å². The van der Waals surface area contributed by atoms with Crippen molar-refractivity contribution in [3.8, 4) is 0 Å². The molecule has 0 atom stereocenters. The van der Waals surface area contributed by atoms with Crippen LogP contribution in [-0.4, -0.2) is 129 Å². The molecule has 0 aliphatic carbocycles. The SMILES string of the molecule is NC(CO)(CO)CO.O=C(O)/C=C\C(=O)O.O=C(O)/C=C\C(=O)O.O=C(O)/C=C\C(=O)O.O=C(O)/C=C\C(=O)O. The van der Waals surface area contributed by atoms with Crippen LogP contribution >= 0.6 is 0 Å². The van der Waals surface area contributed by atoms with Crippen molar-refractivity contribution in [3.63, 3.8) is 0 Å². The third kappa shape index (κ3) is 58.4. The van der Waals surface area contributed by atoms with Crippen LogP contribution in [0.15, 0.2) is 48.6 Å². The van der Waals surface area contributed by atoms with Crippen molar-refractivity contribution in [2.45, 2.75) is 5.54 Å². The maximum Gasteiger partial charge on any atom is 0.328 e. The second kappa shape index (κ2) is 28.1. The fourth-order valence-corrected chi connectivity index (χ4v) is 0.720. The van der Waals surface area contributed by atoms with Gasteiger partial charge in [0.15, 0.2) is 0 Å². The molecule has 226 valence electrons. The number of aliphatic hydroxyl groups excluding tert-OH is 3. The van der Waals surface area contributed by atoms with E-state index < -0.39 is 73.1 Å². The van der Waals surface area contributed by atoms with E-state index in [1.807, 2.05) is 0 Å². The minimum atomic E-state index is -1.26. The van der Waals surface area contributed by atoms with Gasteiger partial charge in [0, 0.05) is 48.6 Å². The minimum absolute atomic E-state index is 0.403. The molecule has 0 radical (unpaired) electrons. The van der Waals surface area contributed by atoms with E-state index in [1.54, 1.807) is 0 Å². The molecule has 40 heavy (non-hydrogen) atoms. The number of hydrogen-bond acceptors (Lipinski definition) is 12. The highest BCUT2D eigenvalue weighted by Crippen LogP contribution is 1.93. The van der Waals surface area contributed by atoms with Crippen molar-refractivity contribution in [2.75, 3.05) is 19.8 Å². The van der Waals surface area contributed by atoms with Gasteiger partial charge in [0.25, 0.3) is 0 Å². The highest BCUT2D eigenvalue weighted by molar-refractivity contribution is 5.91. The maximum absolute atomic E-state index is 9.55. The van der Waals surface area contributed by atoms with E-state index in [0.717, 1.165) is 0 Å². The molecule has 0 aliphatic rings. The van der Waals surface area contributed by atoms with Crippen LogP contribution in [0.5, 0.6) is 0 Å². The molecule has 13 N–H and O–H groups in total. The van der Waals surface area contributed by atoms with Crippen LogP contribution in [0.1, 0.15) is 0 Å². The van der Waals surface area contributed by atoms with E-state index >= 15 is 0 Å². The zero-order chi connectivity index (χ0) is 32.9. The third-order valence-electron chi connectivity index (χ3n) is 2.42. The molecule has 0 aliphatic heterocycles. The molecule has 0 aromatic heterocycles. The van der Waals surface area contributed by atoms with Crippen LogP contribution in [0.25, 0.3) is 0 Å². The summed E-state index contributed by atoms with van der Waals surface area (Å²) < 4.78 is 0. The number of carbonyl (C=O) groups is 8. The van der Waals surface area contributed by atoms with Gasteiger partial charge < -0.3 is 61.9 Å². The van der Waals surface area contributed by atoms with Gasteiger partial charge >= 0.3 is 47.8 Å². The fraction of sp³-hybridized carbons (Fsp3) is 0.200. The van der Waals surface area contributed by atoms with Crippen molar-refractivity contribution in [2.24, 2.45) is 5.73 Å². The summed E-state index contributed by atoms with van der Waals surface area (Å²) in [5.41, 5.74) is 3.94. The highest BCUT2D eigenvalue weighted by Gasteiger charge is 2.20. The van der Waals surface area contributed by atoms with Gasteiger partial charge in [-0.3, -0.25) is 0 Å². The predicted octanol–water partition coefficient (Wildman–Crippen LogP) is -3.49. The summed E-state index contributed by atoms with van der Waals surface area (Å²) in [7, 11) is 0. The van der Waals surface area contributed by atoms with Crippen LogP contribution in [0.2, 0.25) is 0 Å². The van der Waals surface area contributed by atoms with Crippen LogP contribution < -0.4 is 5.73 Å². The number of carboxylic acid groups (broad SMARTS) is 8. The largest absolute Gasteiger partial charge is 0.478 e. The van der Waals surface area contributed by atoms with Crippen LogP contribution in [0.4, 0.5) is 0 Å². The number of nitrogens with two attached hydrogens (primary N) is 1. The van der Waals surface area contributed by atoms with Gasteiger partial charge in [0.2, 0.25) is 0 Å². The van der Waals surface area contributed by atoms with Crippen LogP contribution in [0.3, 0.4) is 0 Å². The fourth-order valence-electron chi connectivity index (χ4n) is 0.720. The molecule has 0 fully saturated rings. The molecule has 0 saturated heterocycles. The molecule has 0 rings (SSSR count). The summed E-state index contributed by atoms with van der Waals surface area (Å²) in [4.78, 5) is 76.4.